The van der Waals surface area contributed by atoms with Crippen molar-refractivity contribution in [3.8, 4) is 0 Å². The molecule has 1 aliphatic rings. The van der Waals surface area contributed by atoms with Crippen molar-refractivity contribution in [3.05, 3.63) is 6.42 Å². The summed E-state index contributed by atoms with van der Waals surface area (Å²) in [6, 6.07) is 0. The van der Waals surface area contributed by atoms with E-state index in [0.717, 1.165) is 5.92 Å². The summed E-state index contributed by atoms with van der Waals surface area (Å²) >= 11 is 0. The fourth-order valence-corrected chi connectivity index (χ4v) is 1.77. The third-order valence-corrected chi connectivity index (χ3v) is 2.44. The van der Waals surface area contributed by atoms with Crippen molar-refractivity contribution >= 4 is 0 Å². The zero-order valence-electron chi connectivity index (χ0n) is 8.10. The Labute approximate surface area is 83.3 Å². The molecule has 0 unspecified atom stereocenters. The molecule has 0 N–H and O–H groups in total. The van der Waals surface area contributed by atoms with Gasteiger partial charge in [0, 0.05) is 0 Å². The SMILES string of the molecule is CCC[CH-]C1CCCCC1.[Li+]. The van der Waals surface area contributed by atoms with Crippen molar-refractivity contribution in [1.82, 2.24) is 0 Å². The summed E-state index contributed by atoms with van der Waals surface area (Å²) < 4.78 is 0. The van der Waals surface area contributed by atoms with Gasteiger partial charge in [-0.05, 0) is 0 Å². The molecule has 0 heterocycles. The van der Waals surface area contributed by atoms with Crippen LogP contribution in [-0.4, -0.2) is 0 Å². The minimum absolute atomic E-state index is 0. The standard InChI is InChI=1S/C10H19.Li/c1-2-3-7-10-8-5-4-6-9-10;/h7,10H,2-6,8-9H2,1H3;/q-1;+1. The summed E-state index contributed by atoms with van der Waals surface area (Å²) in [4.78, 5) is 0. The third-order valence-electron chi connectivity index (χ3n) is 2.44. The van der Waals surface area contributed by atoms with E-state index in [-0.39, 0.29) is 18.9 Å². The van der Waals surface area contributed by atoms with Crippen LogP contribution in [0, 0.1) is 12.3 Å². The third kappa shape index (κ3) is 4.94. The molecule has 1 aliphatic carbocycles. The smallest absolute Gasteiger partial charge is 0.325 e. The van der Waals surface area contributed by atoms with Crippen LogP contribution in [0.4, 0.5) is 0 Å². The van der Waals surface area contributed by atoms with Gasteiger partial charge in [-0.3, -0.25) is 0 Å². The Morgan fingerprint density at radius 1 is 1.18 bits per heavy atom. The maximum Gasteiger partial charge on any atom is 1.00 e. The summed E-state index contributed by atoms with van der Waals surface area (Å²) in [7, 11) is 0. The molecular weight excluding hydrogens is 127 g/mol. The Hall–Kier alpha value is 0.597. The van der Waals surface area contributed by atoms with Crippen molar-refractivity contribution in [1.29, 1.82) is 0 Å². The van der Waals surface area contributed by atoms with Crippen molar-refractivity contribution in [2.45, 2.75) is 51.9 Å². The molecule has 0 aromatic carbocycles. The summed E-state index contributed by atoms with van der Waals surface area (Å²) in [6.45, 7) is 2.26. The van der Waals surface area contributed by atoms with Crippen LogP contribution in [0.3, 0.4) is 0 Å². The van der Waals surface area contributed by atoms with E-state index in [1.165, 1.54) is 44.9 Å². The quantitative estimate of drug-likeness (QED) is 0.403. The van der Waals surface area contributed by atoms with Gasteiger partial charge in [0.25, 0.3) is 0 Å². The minimum Gasteiger partial charge on any atom is -0.325 e. The van der Waals surface area contributed by atoms with E-state index in [1.54, 1.807) is 0 Å². The van der Waals surface area contributed by atoms with E-state index in [1.807, 2.05) is 0 Å². The van der Waals surface area contributed by atoms with Gasteiger partial charge in [0.2, 0.25) is 0 Å². The molecule has 0 nitrogen and oxygen atoms in total. The van der Waals surface area contributed by atoms with Crippen LogP contribution in [0.25, 0.3) is 0 Å². The van der Waals surface area contributed by atoms with Gasteiger partial charge in [0.05, 0.1) is 0 Å². The Bertz CT molecular complexity index is 74.9. The number of hydrogen-bond acceptors (Lipinski definition) is 0. The van der Waals surface area contributed by atoms with Crippen LogP contribution >= 0.6 is 0 Å². The van der Waals surface area contributed by atoms with Crippen LogP contribution in [0.5, 0.6) is 0 Å². The summed E-state index contributed by atoms with van der Waals surface area (Å²) in [5, 5.41) is 0. The molecule has 0 radical (unpaired) electrons. The molecule has 0 saturated heterocycles. The molecule has 60 valence electrons. The summed E-state index contributed by atoms with van der Waals surface area (Å²) in [6.07, 6.45) is 12.6. The zero-order valence-corrected chi connectivity index (χ0v) is 8.10. The molecule has 0 bridgehead atoms. The molecule has 11 heavy (non-hydrogen) atoms. The van der Waals surface area contributed by atoms with Crippen LogP contribution in [0.15, 0.2) is 0 Å². The van der Waals surface area contributed by atoms with Gasteiger partial charge in [-0.1, -0.05) is 45.4 Å². The molecule has 0 aliphatic heterocycles. The van der Waals surface area contributed by atoms with E-state index in [2.05, 4.69) is 13.3 Å². The van der Waals surface area contributed by atoms with Crippen LogP contribution in [0.1, 0.15) is 51.9 Å². The zero-order chi connectivity index (χ0) is 7.23. The first-order valence-corrected chi connectivity index (χ1v) is 4.77. The number of rotatable bonds is 3. The predicted octanol–water partition coefficient (Wildman–Crippen LogP) is 0.575. The first kappa shape index (κ1) is 11.6. The van der Waals surface area contributed by atoms with Crippen LogP contribution in [0.2, 0.25) is 0 Å². The maximum absolute atomic E-state index is 2.54. The van der Waals surface area contributed by atoms with Gasteiger partial charge in [0.1, 0.15) is 0 Å². The largest absolute Gasteiger partial charge is 1.00 e. The van der Waals surface area contributed by atoms with Crippen LogP contribution < -0.4 is 18.9 Å². The molecule has 0 atom stereocenters. The van der Waals surface area contributed by atoms with Gasteiger partial charge in [-0.25, -0.2) is 0 Å². The van der Waals surface area contributed by atoms with Crippen molar-refractivity contribution in [2.24, 2.45) is 5.92 Å². The van der Waals surface area contributed by atoms with Gasteiger partial charge < -0.3 is 6.42 Å². The second-order valence-corrected chi connectivity index (χ2v) is 3.42. The normalized spacial score (nSPS) is 19.4. The minimum atomic E-state index is 0. The Morgan fingerprint density at radius 3 is 2.36 bits per heavy atom. The maximum atomic E-state index is 2.54. The molecule has 1 saturated carbocycles. The van der Waals surface area contributed by atoms with Gasteiger partial charge in [0.15, 0.2) is 0 Å². The summed E-state index contributed by atoms with van der Waals surface area (Å²) in [5.41, 5.74) is 0. The summed E-state index contributed by atoms with van der Waals surface area (Å²) in [5.74, 6) is 0.980. The molecule has 0 aromatic rings. The average Bonchev–Trinajstić information content (AvgIpc) is 2.03. The van der Waals surface area contributed by atoms with Crippen molar-refractivity contribution in [2.75, 3.05) is 0 Å². The molecule has 1 rings (SSSR count). The van der Waals surface area contributed by atoms with E-state index >= 15 is 0 Å². The van der Waals surface area contributed by atoms with Gasteiger partial charge in [-0.2, -0.15) is 12.3 Å². The van der Waals surface area contributed by atoms with Gasteiger partial charge >= 0.3 is 18.9 Å². The Morgan fingerprint density at radius 2 is 1.82 bits per heavy atom. The van der Waals surface area contributed by atoms with E-state index < -0.39 is 0 Å². The van der Waals surface area contributed by atoms with E-state index in [4.69, 9.17) is 0 Å². The molecule has 1 heteroatoms. The second kappa shape index (κ2) is 7.26. The molecule has 1 fully saturated rings. The molecule has 0 amide bonds. The van der Waals surface area contributed by atoms with E-state index in [9.17, 15) is 0 Å². The topological polar surface area (TPSA) is 0 Å². The first-order valence-electron chi connectivity index (χ1n) is 4.77. The molecule has 0 spiro atoms. The first-order chi connectivity index (χ1) is 4.93. The Balaban J connectivity index is 0.000001000. The van der Waals surface area contributed by atoms with Crippen LogP contribution in [-0.2, 0) is 0 Å². The Kier molecular flexibility index (Phi) is 7.65. The number of unbranched alkanes of at least 4 members (excludes halogenated alkanes) is 1. The average molecular weight is 146 g/mol. The molecular formula is C10H19Li. The fourth-order valence-electron chi connectivity index (χ4n) is 1.77. The van der Waals surface area contributed by atoms with Gasteiger partial charge in [-0.15, -0.1) is 0 Å². The monoisotopic (exact) mass is 146 g/mol. The predicted molar refractivity (Wildman–Crippen MR) is 45.8 cm³/mol. The number of hydrogen-bond donors (Lipinski definition) is 0. The second-order valence-electron chi connectivity index (χ2n) is 3.42. The van der Waals surface area contributed by atoms with E-state index in [0.29, 0.717) is 0 Å². The van der Waals surface area contributed by atoms with Crippen molar-refractivity contribution < 1.29 is 18.9 Å². The fraction of sp³-hybridized carbons (Fsp3) is 0.900. The van der Waals surface area contributed by atoms with Crippen molar-refractivity contribution in [3.63, 3.8) is 0 Å². The molecule has 0 aromatic heterocycles.